The lowest BCUT2D eigenvalue weighted by molar-refractivity contribution is -0.120. The topological polar surface area (TPSA) is 82.2 Å². The van der Waals surface area contributed by atoms with E-state index >= 15 is 0 Å². The summed E-state index contributed by atoms with van der Waals surface area (Å²) in [6.45, 7) is 2.90. The van der Waals surface area contributed by atoms with Crippen LogP contribution in [0.15, 0.2) is 12.4 Å². The first kappa shape index (κ1) is 11.5. The van der Waals surface area contributed by atoms with Gasteiger partial charge in [0, 0.05) is 0 Å². The minimum absolute atomic E-state index is 0.397. The highest BCUT2D eigenvalue weighted by atomic mass is 16.5. The van der Waals surface area contributed by atoms with Gasteiger partial charge in [-0.2, -0.15) is 5.10 Å². The standard InChI is InChI=1S/C9H16N4O2/c1-3-15-7-4-12-13(5-7)6-8(11-2)9(10)14/h4-5,8,11H,3,6H2,1-2H3,(H2,10,14). The number of rotatable bonds is 6. The minimum Gasteiger partial charge on any atom is -0.491 e. The van der Waals surface area contributed by atoms with E-state index in [-0.39, 0.29) is 0 Å². The van der Waals surface area contributed by atoms with E-state index in [2.05, 4.69) is 10.4 Å². The Morgan fingerprint density at radius 3 is 3.07 bits per heavy atom. The SMILES string of the molecule is CCOc1cnn(CC(NC)C(N)=O)c1. The third-order valence-electron chi connectivity index (χ3n) is 1.98. The van der Waals surface area contributed by atoms with Crippen molar-refractivity contribution in [1.29, 1.82) is 0 Å². The predicted molar refractivity (Wildman–Crippen MR) is 55.4 cm³/mol. The van der Waals surface area contributed by atoms with E-state index in [1.807, 2.05) is 6.92 Å². The smallest absolute Gasteiger partial charge is 0.236 e. The Morgan fingerprint density at radius 1 is 1.80 bits per heavy atom. The van der Waals surface area contributed by atoms with Gasteiger partial charge in [-0.1, -0.05) is 0 Å². The van der Waals surface area contributed by atoms with Crippen LogP contribution < -0.4 is 15.8 Å². The molecule has 0 aromatic carbocycles. The van der Waals surface area contributed by atoms with Gasteiger partial charge in [0.05, 0.1) is 25.5 Å². The first-order chi connectivity index (χ1) is 7.17. The quantitative estimate of drug-likeness (QED) is 0.657. The number of carbonyl (C=O) groups excluding carboxylic acids is 1. The molecule has 1 aromatic heterocycles. The van der Waals surface area contributed by atoms with Gasteiger partial charge >= 0.3 is 0 Å². The maximum absolute atomic E-state index is 11.0. The molecule has 1 amide bonds. The molecule has 0 spiro atoms. The van der Waals surface area contributed by atoms with Crippen LogP contribution in [0.2, 0.25) is 0 Å². The van der Waals surface area contributed by atoms with Crippen LogP contribution in [0.4, 0.5) is 0 Å². The van der Waals surface area contributed by atoms with Gasteiger partial charge < -0.3 is 15.8 Å². The maximum atomic E-state index is 11.0. The molecule has 1 rings (SSSR count). The summed E-state index contributed by atoms with van der Waals surface area (Å²) in [4.78, 5) is 11.0. The van der Waals surface area contributed by atoms with Gasteiger partial charge in [0.15, 0.2) is 5.75 Å². The number of aromatic nitrogens is 2. The van der Waals surface area contributed by atoms with Gasteiger partial charge in [-0.05, 0) is 14.0 Å². The summed E-state index contributed by atoms with van der Waals surface area (Å²) in [5, 5.41) is 6.86. The summed E-state index contributed by atoms with van der Waals surface area (Å²) in [5.74, 6) is 0.294. The molecule has 84 valence electrons. The van der Waals surface area contributed by atoms with E-state index in [1.54, 1.807) is 24.1 Å². The van der Waals surface area contributed by atoms with Crippen molar-refractivity contribution in [1.82, 2.24) is 15.1 Å². The third-order valence-corrected chi connectivity index (χ3v) is 1.98. The molecular formula is C9H16N4O2. The maximum Gasteiger partial charge on any atom is 0.236 e. The molecule has 6 heteroatoms. The molecule has 0 radical (unpaired) electrons. The predicted octanol–water partition coefficient (Wildman–Crippen LogP) is -0.645. The number of carbonyl (C=O) groups is 1. The second-order valence-electron chi connectivity index (χ2n) is 3.07. The molecule has 0 saturated heterocycles. The average molecular weight is 212 g/mol. The minimum atomic E-state index is -0.417. The highest BCUT2D eigenvalue weighted by Gasteiger charge is 2.13. The van der Waals surface area contributed by atoms with E-state index in [4.69, 9.17) is 10.5 Å². The second kappa shape index (κ2) is 5.35. The molecule has 1 unspecified atom stereocenters. The summed E-state index contributed by atoms with van der Waals surface area (Å²) >= 11 is 0. The number of nitrogens with two attached hydrogens (primary N) is 1. The molecule has 0 aliphatic carbocycles. The monoisotopic (exact) mass is 212 g/mol. The van der Waals surface area contributed by atoms with Crippen LogP contribution in [-0.2, 0) is 11.3 Å². The van der Waals surface area contributed by atoms with Crippen molar-refractivity contribution < 1.29 is 9.53 Å². The van der Waals surface area contributed by atoms with Crippen LogP contribution in [-0.4, -0.2) is 35.4 Å². The molecular weight excluding hydrogens is 196 g/mol. The second-order valence-corrected chi connectivity index (χ2v) is 3.07. The number of nitrogens with zero attached hydrogens (tertiary/aromatic N) is 2. The summed E-state index contributed by atoms with van der Waals surface area (Å²) in [5.41, 5.74) is 5.19. The lowest BCUT2D eigenvalue weighted by Crippen LogP contribution is -2.42. The number of ether oxygens (including phenoxy) is 1. The normalized spacial score (nSPS) is 12.4. The van der Waals surface area contributed by atoms with Crippen molar-refractivity contribution in [2.75, 3.05) is 13.7 Å². The van der Waals surface area contributed by atoms with Crippen molar-refractivity contribution in [3.05, 3.63) is 12.4 Å². The zero-order chi connectivity index (χ0) is 11.3. The van der Waals surface area contributed by atoms with Crippen molar-refractivity contribution in [3.8, 4) is 5.75 Å². The lowest BCUT2D eigenvalue weighted by Gasteiger charge is -2.11. The Bertz CT molecular complexity index is 324. The molecule has 3 N–H and O–H groups in total. The first-order valence-corrected chi connectivity index (χ1v) is 4.79. The Balaban J connectivity index is 2.59. The van der Waals surface area contributed by atoms with Gasteiger partial charge in [0.1, 0.15) is 6.04 Å². The zero-order valence-corrected chi connectivity index (χ0v) is 8.93. The van der Waals surface area contributed by atoms with Crippen molar-refractivity contribution in [2.24, 2.45) is 5.73 Å². The van der Waals surface area contributed by atoms with Gasteiger partial charge in [-0.25, -0.2) is 0 Å². The number of primary amides is 1. The van der Waals surface area contributed by atoms with E-state index in [9.17, 15) is 4.79 Å². The number of amides is 1. The Kier molecular flexibility index (Phi) is 4.11. The van der Waals surface area contributed by atoms with Gasteiger partial charge in [-0.3, -0.25) is 9.48 Å². The molecule has 6 nitrogen and oxygen atoms in total. The fourth-order valence-electron chi connectivity index (χ4n) is 1.20. The highest BCUT2D eigenvalue weighted by Crippen LogP contribution is 2.07. The molecule has 0 aliphatic rings. The van der Waals surface area contributed by atoms with Crippen LogP contribution in [0.1, 0.15) is 6.92 Å². The van der Waals surface area contributed by atoms with E-state index in [0.29, 0.717) is 18.9 Å². The van der Waals surface area contributed by atoms with E-state index in [0.717, 1.165) is 0 Å². The van der Waals surface area contributed by atoms with Gasteiger partial charge in [0.2, 0.25) is 5.91 Å². The Hall–Kier alpha value is -1.56. The van der Waals surface area contributed by atoms with E-state index in [1.165, 1.54) is 0 Å². The average Bonchev–Trinajstić information content (AvgIpc) is 2.62. The summed E-state index contributed by atoms with van der Waals surface area (Å²) in [7, 11) is 1.68. The summed E-state index contributed by atoms with van der Waals surface area (Å²) in [6.07, 6.45) is 3.34. The highest BCUT2D eigenvalue weighted by molar-refractivity contribution is 5.79. The summed E-state index contributed by atoms with van der Waals surface area (Å²) in [6, 6.07) is -0.417. The number of hydrogen-bond acceptors (Lipinski definition) is 4. The fraction of sp³-hybridized carbons (Fsp3) is 0.556. The first-order valence-electron chi connectivity index (χ1n) is 4.79. The molecule has 1 heterocycles. The van der Waals surface area contributed by atoms with Crippen molar-refractivity contribution >= 4 is 5.91 Å². The number of nitrogens with one attached hydrogen (secondary N) is 1. The number of hydrogen-bond donors (Lipinski definition) is 2. The van der Waals surface area contributed by atoms with Crippen molar-refractivity contribution in [2.45, 2.75) is 19.5 Å². The van der Waals surface area contributed by atoms with E-state index < -0.39 is 11.9 Å². The molecule has 0 aliphatic heterocycles. The zero-order valence-electron chi connectivity index (χ0n) is 8.93. The van der Waals surface area contributed by atoms with Crippen LogP contribution in [0.25, 0.3) is 0 Å². The van der Waals surface area contributed by atoms with Gasteiger partial charge in [-0.15, -0.1) is 0 Å². The molecule has 15 heavy (non-hydrogen) atoms. The summed E-state index contributed by atoms with van der Waals surface area (Å²) < 4.78 is 6.86. The molecule has 0 fully saturated rings. The van der Waals surface area contributed by atoms with Crippen LogP contribution in [0.3, 0.4) is 0 Å². The molecule has 0 bridgehead atoms. The van der Waals surface area contributed by atoms with Crippen LogP contribution in [0, 0.1) is 0 Å². The molecule has 1 aromatic rings. The van der Waals surface area contributed by atoms with Gasteiger partial charge in [0.25, 0.3) is 0 Å². The number of likely N-dealkylation sites (N-methyl/N-ethyl adjacent to an activating group) is 1. The Morgan fingerprint density at radius 2 is 2.53 bits per heavy atom. The lowest BCUT2D eigenvalue weighted by atomic mass is 10.3. The van der Waals surface area contributed by atoms with Crippen molar-refractivity contribution in [3.63, 3.8) is 0 Å². The largest absolute Gasteiger partial charge is 0.491 e. The Labute approximate surface area is 88.4 Å². The van der Waals surface area contributed by atoms with Crippen LogP contribution >= 0.6 is 0 Å². The molecule has 1 atom stereocenters. The molecule has 0 saturated carbocycles. The fourth-order valence-corrected chi connectivity index (χ4v) is 1.20. The van der Waals surface area contributed by atoms with Crippen LogP contribution in [0.5, 0.6) is 5.75 Å². The third kappa shape index (κ3) is 3.25.